The molecular formula is C15H19NO2. The molecular weight excluding hydrogens is 226 g/mol. The molecule has 2 aromatic rings. The van der Waals surface area contributed by atoms with Crippen LogP contribution in [0.3, 0.4) is 0 Å². The number of fused-ring (bicyclic) bond motifs is 1. The first-order valence-electron chi connectivity index (χ1n) is 6.22. The minimum absolute atomic E-state index is 0.706. The predicted octanol–water partition coefficient (Wildman–Crippen LogP) is 3.23. The molecule has 0 aromatic heterocycles. The fraction of sp³-hybridized carbons (Fsp3) is 0.333. The Kier molecular flexibility index (Phi) is 4.42. The third kappa shape index (κ3) is 2.93. The summed E-state index contributed by atoms with van der Waals surface area (Å²) in [6.07, 6.45) is 2.01. The van der Waals surface area contributed by atoms with Crippen LogP contribution in [0.2, 0.25) is 0 Å². The molecule has 3 nitrogen and oxygen atoms in total. The van der Waals surface area contributed by atoms with Gasteiger partial charge in [-0.15, -0.1) is 0 Å². The van der Waals surface area contributed by atoms with E-state index >= 15 is 0 Å². The smallest absolute Gasteiger partial charge is 0.127 e. The van der Waals surface area contributed by atoms with E-state index < -0.39 is 0 Å². The average Bonchev–Trinajstić information content (AvgIpc) is 2.41. The van der Waals surface area contributed by atoms with Gasteiger partial charge in [-0.1, -0.05) is 24.3 Å². The summed E-state index contributed by atoms with van der Waals surface area (Å²) in [6.45, 7) is 1.49. The third-order valence-electron chi connectivity index (χ3n) is 2.92. The van der Waals surface area contributed by atoms with Gasteiger partial charge >= 0.3 is 0 Å². The van der Waals surface area contributed by atoms with Crippen molar-refractivity contribution in [3.8, 4) is 5.75 Å². The Bertz CT molecular complexity index is 511. The maximum atomic E-state index is 5.95. The third-order valence-corrected chi connectivity index (χ3v) is 2.92. The summed E-state index contributed by atoms with van der Waals surface area (Å²) in [7, 11) is 1.72. The minimum atomic E-state index is 0.706. The Labute approximate surface area is 108 Å². The maximum absolute atomic E-state index is 5.95. The molecule has 96 valence electrons. The number of nitrogen functional groups attached to an aromatic ring is 1. The highest BCUT2D eigenvalue weighted by Crippen LogP contribution is 2.29. The van der Waals surface area contributed by atoms with Crippen molar-refractivity contribution < 1.29 is 9.47 Å². The van der Waals surface area contributed by atoms with Crippen molar-refractivity contribution in [3.05, 3.63) is 36.4 Å². The lowest BCUT2D eigenvalue weighted by molar-refractivity contribution is 0.184. The molecule has 2 aromatic carbocycles. The van der Waals surface area contributed by atoms with Gasteiger partial charge in [-0.25, -0.2) is 0 Å². The zero-order valence-electron chi connectivity index (χ0n) is 10.7. The van der Waals surface area contributed by atoms with E-state index in [0.717, 1.165) is 41.7 Å². The number of unbranched alkanes of at least 4 members (excludes halogenated alkanes) is 1. The second-order valence-corrected chi connectivity index (χ2v) is 4.25. The quantitative estimate of drug-likeness (QED) is 0.627. The Morgan fingerprint density at radius 2 is 1.67 bits per heavy atom. The van der Waals surface area contributed by atoms with Crippen LogP contribution in [0.1, 0.15) is 12.8 Å². The number of ether oxygens (including phenoxy) is 2. The Hall–Kier alpha value is -1.74. The van der Waals surface area contributed by atoms with Gasteiger partial charge in [0.15, 0.2) is 0 Å². The van der Waals surface area contributed by atoms with Crippen molar-refractivity contribution in [2.75, 3.05) is 26.1 Å². The van der Waals surface area contributed by atoms with Crippen molar-refractivity contribution in [2.24, 2.45) is 0 Å². The fourth-order valence-corrected chi connectivity index (χ4v) is 1.95. The van der Waals surface area contributed by atoms with Gasteiger partial charge in [0.05, 0.1) is 6.61 Å². The molecule has 0 fully saturated rings. The fourth-order valence-electron chi connectivity index (χ4n) is 1.95. The van der Waals surface area contributed by atoms with Gasteiger partial charge in [0, 0.05) is 30.2 Å². The van der Waals surface area contributed by atoms with E-state index in [-0.39, 0.29) is 0 Å². The molecule has 0 saturated heterocycles. The number of nitrogens with two attached hydrogens (primary N) is 1. The number of methoxy groups -OCH3 is 1. The highest BCUT2D eigenvalue weighted by atomic mass is 16.5. The summed E-state index contributed by atoms with van der Waals surface area (Å²) in [5.74, 6) is 0.900. The molecule has 0 atom stereocenters. The number of rotatable bonds is 6. The molecule has 18 heavy (non-hydrogen) atoms. The van der Waals surface area contributed by atoms with Crippen LogP contribution in [0.25, 0.3) is 10.8 Å². The molecule has 0 amide bonds. The van der Waals surface area contributed by atoms with Crippen LogP contribution < -0.4 is 10.5 Å². The van der Waals surface area contributed by atoms with Crippen molar-refractivity contribution in [1.29, 1.82) is 0 Å². The standard InChI is InChI=1S/C15H19NO2/c1-17-10-4-5-11-18-15-9-8-14(16)12-6-2-3-7-13(12)15/h2-3,6-9H,4-5,10-11,16H2,1H3. The molecule has 0 aliphatic carbocycles. The second-order valence-electron chi connectivity index (χ2n) is 4.25. The lowest BCUT2D eigenvalue weighted by Gasteiger charge is -2.10. The van der Waals surface area contributed by atoms with Crippen LogP contribution in [0.5, 0.6) is 5.75 Å². The predicted molar refractivity (Wildman–Crippen MR) is 75.0 cm³/mol. The Morgan fingerprint density at radius 1 is 0.944 bits per heavy atom. The van der Waals surface area contributed by atoms with Crippen LogP contribution in [0.15, 0.2) is 36.4 Å². The average molecular weight is 245 g/mol. The summed E-state index contributed by atoms with van der Waals surface area (Å²) < 4.78 is 10.8. The summed E-state index contributed by atoms with van der Waals surface area (Å²) in [5, 5.41) is 2.12. The lowest BCUT2D eigenvalue weighted by Crippen LogP contribution is -2.00. The summed E-state index contributed by atoms with van der Waals surface area (Å²) >= 11 is 0. The maximum Gasteiger partial charge on any atom is 0.127 e. The molecule has 0 unspecified atom stereocenters. The van der Waals surface area contributed by atoms with E-state index in [1.807, 2.05) is 36.4 Å². The summed E-state index contributed by atoms with van der Waals surface area (Å²) in [5.41, 5.74) is 6.74. The number of anilines is 1. The van der Waals surface area contributed by atoms with E-state index in [1.54, 1.807) is 7.11 Å². The van der Waals surface area contributed by atoms with Crippen LogP contribution in [0, 0.1) is 0 Å². The molecule has 0 radical (unpaired) electrons. The first-order valence-corrected chi connectivity index (χ1v) is 6.22. The molecule has 0 saturated carbocycles. The van der Waals surface area contributed by atoms with Gasteiger partial charge in [-0.05, 0) is 25.0 Å². The molecule has 3 heteroatoms. The highest BCUT2D eigenvalue weighted by molar-refractivity contribution is 5.96. The largest absolute Gasteiger partial charge is 0.493 e. The first-order chi connectivity index (χ1) is 8.83. The van der Waals surface area contributed by atoms with E-state index in [1.165, 1.54) is 0 Å². The van der Waals surface area contributed by atoms with Gasteiger partial charge in [0.25, 0.3) is 0 Å². The Morgan fingerprint density at radius 3 is 2.44 bits per heavy atom. The molecule has 2 N–H and O–H groups in total. The molecule has 0 aliphatic rings. The zero-order chi connectivity index (χ0) is 12.8. The van der Waals surface area contributed by atoms with Crippen molar-refractivity contribution in [3.63, 3.8) is 0 Å². The van der Waals surface area contributed by atoms with Crippen LogP contribution in [-0.4, -0.2) is 20.3 Å². The number of hydrogen-bond acceptors (Lipinski definition) is 3. The number of hydrogen-bond donors (Lipinski definition) is 1. The molecule has 0 heterocycles. The first kappa shape index (κ1) is 12.7. The van der Waals surface area contributed by atoms with E-state index in [0.29, 0.717) is 6.61 Å². The highest BCUT2D eigenvalue weighted by Gasteiger charge is 2.04. The SMILES string of the molecule is COCCCCOc1ccc(N)c2ccccc12. The van der Waals surface area contributed by atoms with Crippen LogP contribution in [0.4, 0.5) is 5.69 Å². The topological polar surface area (TPSA) is 44.5 Å². The second kappa shape index (κ2) is 6.26. The van der Waals surface area contributed by atoms with E-state index in [9.17, 15) is 0 Å². The molecule has 0 spiro atoms. The van der Waals surface area contributed by atoms with Crippen molar-refractivity contribution in [2.45, 2.75) is 12.8 Å². The normalized spacial score (nSPS) is 10.7. The van der Waals surface area contributed by atoms with Crippen molar-refractivity contribution in [1.82, 2.24) is 0 Å². The zero-order valence-corrected chi connectivity index (χ0v) is 10.7. The van der Waals surface area contributed by atoms with Gasteiger partial charge < -0.3 is 15.2 Å². The van der Waals surface area contributed by atoms with Gasteiger partial charge in [-0.3, -0.25) is 0 Å². The lowest BCUT2D eigenvalue weighted by atomic mass is 10.1. The van der Waals surface area contributed by atoms with Gasteiger partial charge in [-0.2, -0.15) is 0 Å². The molecule has 0 aliphatic heterocycles. The van der Waals surface area contributed by atoms with E-state index in [2.05, 4.69) is 0 Å². The molecule has 2 rings (SSSR count). The summed E-state index contributed by atoms with van der Waals surface area (Å²) in [6, 6.07) is 11.9. The van der Waals surface area contributed by atoms with E-state index in [4.69, 9.17) is 15.2 Å². The van der Waals surface area contributed by atoms with Crippen LogP contribution >= 0.6 is 0 Å². The van der Waals surface area contributed by atoms with Gasteiger partial charge in [0.2, 0.25) is 0 Å². The van der Waals surface area contributed by atoms with Crippen LogP contribution in [-0.2, 0) is 4.74 Å². The number of benzene rings is 2. The summed E-state index contributed by atoms with van der Waals surface area (Å²) in [4.78, 5) is 0. The van der Waals surface area contributed by atoms with Crippen molar-refractivity contribution >= 4 is 16.5 Å². The monoisotopic (exact) mass is 245 g/mol. The van der Waals surface area contributed by atoms with Gasteiger partial charge in [0.1, 0.15) is 5.75 Å². The minimum Gasteiger partial charge on any atom is -0.493 e. The Balaban J connectivity index is 2.07. The molecule has 0 bridgehead atoms.